The highest BCUT2D eigenvalue weighted by molar-refractivity contribution is 5.82. The smallest absolute Gasteiger partial charge is 0.326 e. The molecule has 1 aromatic carbocycles. The number of carbonyl (C=O) groups excluding carboxylic acids is 1. The fourth-order valence-corrected chi connectivity index (χ4v) is 2.17. The summed E-state index contributed by atoms with van der Waals surface area (Å²) in [6.07, 6.45) is 5.87. The Labute approximate surface area is 117 Å². The number of benzene rings is 1. The van der Waals surface area contributed by atoms with Crippen LogP contribution in [-0.4, -0.2) is 29.2 Å². The summed E-state index contributed by atoms with van der Waals surface area (Å²) in [6.45, 7) is 0. The standard InChI is InChI=1S/C15H18N2O3/c18-14(19)13(10-11-6-2-1-3-7-11)17-15(20)16-12-8-4-5-9-12/h1-7,12-13H,8-10H2,(H,18,19)(H2,16,17,20). The van der Waals surface area contributed by atoms with Crippen LogP contribution in [0.5, 0.6) is 0 Å². The molecule has 1 aromatic rings. The van der Waals surface area contributed by atoms with Gasteiger partial charge in [0.05, 0.1) is 0 Å². The van der Waals surface area contributed by atoms with E-state index in [0.717, 1.165) is 18.4 Å². The van der Waals surface area contributed by atoms with Crippen LogP contribution in [0.4, 0.5) is 4.79 Å². The number of carboxylic acids is 1. The monoisotopic (exact) mass is 274 g/mol. The van der Waals surface area contributed by atoms with Crippen molar-refractivity contribution in [3.05, 3.63) is 48.0 Å². The molecule has 3 N–H and O–H groups in total. The Kier molecular flexibility index (Phi) is 4.76. The number of hydrogen-bond acceptors (Lipinski definition) is 2. The third kappa shape index (κ3) is 4.12. The lowest BCUT2D eigenvalue weighted by Gasteiger charge is -2.18. The average Bonchev–Trinajstić information content (AvgIpc) is 2.92. The highest BCUT2D eigenvalue weighted by Gasteiger charge is 2.22. The van der Waals surface area contributed by atoms with E-state index in [9.17, 15) is 14.7 Å². The third-order valence-corrected chi connectivity index (χ3v) is 3.23. The second-order valence-corrected chi connectivity index (χ2v) is 4.84. The van der Waals surface area contributed by atoms with Crippen molar-refractivity contribution in [3.8, 4) is 0 Å². The minimum atomic E-state index is -1.03. The SMILES string of the molecule is O=C(NC1CC=CC1)NC(Cc1ccccc1)C(=O)O. The Bertz CT molecular complexity index is 491. The van der Waals surface area contributed by atoms with Gasteiger partial charge in [-0.15, -0.1) is 0 Å². The fraction of sp³-hybridized carbons (Fsp3) is 0.333. The van der Waals surface area contributed by atoms with Crippen molar-refractivity contribution in [2.45, 2.75) is 31.3 Å². The van der Waals surface area contributed by atoms with Gasteiger partial charge in [0, 0.05) is 12.5 Å². The number of aliphatic carboxylic acids is 1. The van der Waals surface area contributed by atoms with Crippen LogP contribution in [0, 0.1) is 0 Å². The Morgan fingerprint density at radius 2 is 1.85 bits per heavy atom. The van der Waals surface area contributed by atoms with Crippen molar-refractivity contribution in [1.82, 2.24) is 10.6 Å². The van der Waals surface area contributed by atoms with E-state index in [0.29, 0.717) is 0 Å². The first-order chi connectivity index (χ1) is 9.65. The molecule has 0 saturated heterocycles. The summed E-state index contributed by atoms with van der Waals surface area (Å²) in [7, 11) is 0. The molecule has 5 nitrogen and oxygen atoms in total. The maximum atomic E-state index is 11.8. The molecule has 1 unspecified atom stereocenters. The second kappa shape index (κ2) is 6.75. The van der Waals surface area contributed by atoms with Crippen LogP contribution in [-0.2, 0) is 11.2 Å². The zero-order valence-electron chi connectivity index (χ0n) is 11.1. The van der Waals surface area contributed by atoms with Crippen LogP contribution in [0.25, 0.3) is 0 Å². The number of hydrogen-bond donors (Lipinski definition) is 3. The lowest BCUT2D eigenvalue weighted by molar-refractivity contribution is -0.139. The summed E-state index contributed by atoms with van der Waals surface area (Å²) in [5.74, 6) is -1.03. The first-order valence-corrected chi connectivity index (χ1v) is 6.64. The highest BCUT2D eigenvalue weighted by Crippen LogP contribution is 2.09. The molecule has 0 heterocycles. The van der Waals surface area contributed by atoms with Crippen LogP contribution in [0.1, 0.15) is 18.4 Å². The molecule has 0 spiro atoms. The Balaban J connectivity index is 1.88. The summed E-state index contributed by atoms with van der Waals surface area (Å²) in [4.78, 5) is 23.0. The van der Waals surface area contributed by atoms with Crippen LogP contribution >= 0.6 is 0 Å². The Morgan fingerprint density at radius 3 is 2.45 bits per heavy atom. The van der Waals surface area contributed by atoms with Crippen molar-refractivity contribution in [1.29, 1.82) is 0 Å². The molecule has 0 fully saturated rings. The molecular weight excluding hydrogens is 256 g/mol. The molecule has 5 heteroatoms. The van der Waals surface area contributed by atoms with E-state index in [1.54, 1.807) is 0 Å². The molecule has 0 radical (unpaired) electrons. The minimum Gasteiger partial charge on any atom is -0.480 e. The van der Waals surface area contributed by atoms with E-state index in [1.165, 1.54) is 0 Å². The summed E-state index contributed by atoms with van der Waals surface area (Å²) in [5, 5.41) is 14.5. The average molecular weight is 274 g/mol. The van der Waals surface area contributed by atoms with Crippen molar-refractivity contribution < 1.29 is 14.7 Å². The maximum absolute atomic E-state index is 11.8. The van der Waals surface area contributed by atoms with Gasteiger partial charge in [-0.3, -0.25) is 0 Å². The quantitative estimate of drug-likeness (QED) is 0.715. The predicted molar refractivity (Wildman–Crippen MR) is 75.4 cm³/mol. The van der Waals surface area contributed by atoms with Gasteiger partial charge in [0.15, 0.2) is 0 Å². The first-order valence-electron chi connectivity index (χ1n) is 6.64. The van der Waals surface area contributed by atoms with Crippen molar-refractivity contribution >= 4 is 12.0 Å². The van der Waals surface area contributed by atoms with Gasteiger partial charge in [0.1, 0.15) is 6.04 Å². The zero-order chi connectivity index (χ0) is 14.4. The zero-order valence-corrected chi connectivity index (χ0v) is 11.1. The number of carbonyl (C=O) groups is 2. The molecule has 1 aliphatic rings. The van der Waals surface area contributed by atoms with Crippen molar-refractivity contribution in [2.75, 3.05) is 0 Å². The molecule has 1 aliphatic carbocycles. The molecule has 0 bridgehead atoms. The van der Waals surface area contributed by atoms with E-state index >= 15 is 0 Å². The molecular formula is C15H18N2O3. The van der Waals surface area contributed by atoms with E-state index in [2.05, 4.69) is 10.6 Å². The van der Waals surface area contributed by atoms with Gasteiger partial charge < -0.3 is 15.7 Å². The summed E-state index contributed by atoms with van der Waals surface area (Å²) >= 11 is 0. The topological polar surface area (TPSA) is 78.4 Å². The number of urea groups is 1. The number of rotatable bonds is 5. The Morgan fingerprint density at radius 1 is 1.20 bits per heavy atom. The van der Waals surface area contributed by atoms with E-state index in [-0.39, 0.29) is 12.5 Å². The van der Waals surface area contributed by atoms with Crippen LogP contribution < -0.4 is 10.6 Å². The number of carboxylic acid groups (broad SMARTS) is 1. The molecule has 0 aliphatic heterocycles. The molecule has 106 valence electrons. The maximum Gasteiger partial charge on any atom is 0.326 e. The van der Waals surface area contributed by atoms with Crippen LogP contribution in [0.2, 0.25) is 0 Å². The summed E-state index contributed by atoms with van der Waals surface area (Å²) in [5.41, 5.74) is 0.878. The molecule has 20 heavy (non-hydrogen) atoms. The van der Waals surface area contributed by atoms with Gasteiger partial charge in [-0.05, 0) is 18.4 Å². The first kappa shape index (κ1) is 14.1. The number of amides is 2. The Hall–Kier alpha value is -2.30. The van der Waals surface area contributed by atoms with Gasteiger partial charge >= 0.3 is 12.0 Å². The molecule has 2 amide bonds. The van der Waals surface area contributed by atoms with Gasteiger partial charge in [0.2, 0.25) is 0 Å². The van der Waals surface area contributed by atoms with Crippen LogP contribution in [0.3, 0.4) is 0 Å². The van der Waals surface area contributed by atoms with Crippen molar-refractivity contribution in [2.24, 2.45) is 0 Å². The predicted octanol–water partition coefficient (Wildman–Crippen LogP) is 1.70. The van der Waals surface area contributed by atoms with E-state index in [1.807, 2.05) is 42.5 Å². The molecule has 1 atom stereocenters. The van der Waals surface area contributed by atoms with Gasteiger partial charge in [-0.25, -0.2) is 9.59 Å². The molecule has 0 saturated carbocycles. The van der Waals surface area contributed by atoms with Gasteiger partial charge in [-0.2, -0.15) is 0 Å². The normalized spacial score (nSPS) is 15.8. The van der Waals surface area contributed by atoms with Crippen LogP contribution in [0.15, 0.2) is 42.5 Å². The third-order valence-electron chi connectivity index (χ3n) is 3.23. The molecule has 0 aromatic heterocycles. The summed E-state index contributed by atoms with van der Waals surface area (Å²) in [6, 6.07) is 7.96. The largest absolute Gasteiger partial charge is 0.480 e. The summed E-state index contributed by atoms with van der Waals surface area (Å²) < 4.78 is 0. The van der Waals surface area contributed by atoms with Gasteiger partial charge in [0.25, 0.3) is 0 Å². The van der Waals surface area contributed by atoms with E-state index in [4.69, 9.17) is 0 Å². The fourth-order valence-electron chi connectivity index (χ4n) is 2.17. The van der Waals surface area contributed by atoms with Crippen molar-refractivity contribution in [3.63, 3.8) is 0 Å². The number of nitrogens with one attached hydrogen (secondary N) is 2. The van der Waals surface area contributed by atoms with Gasteiger partial charge in [-0.1, -0.05) is 42.5 Å². The molecule has 2 rings (SSSR count). The second-order valence-electron chi connectivity index (χ2n) is 4.84. The minimum absolute atomic E-state index is 0.0705. The van der Waals surface area contributed by atoms with E-state index < -0.39 is 18.0 Å². The lowest BCUT2D eigenvalue weighted by Crippen LogP contribution is -2.49. The lowest BCUT2D eigenvalue weighted by atomic mass is 10.1. The highest BCUT2D eigenvalue weighted by atomic mass is 16.4.